The van der Waals surface area contributed by atoms with Crippen LogP contribution in [0.1, 0.15) is 26.7 Å². The first-order chi connectivity index (χ1) is 8.76. The summed E-state index contributed by atoms with van der Waals surface area (Å²) in [7, 11) is 0. The van der Waals surface area contributed by atoms with Crippen molar-refractivity contribution in [3.8, 4) is 0 Å². The Bertz CT molecular complexity index is 368. The number of piperazine rings is 1. The predicted octanol–water partition coefficient (Wildman–Crippen LogP) is 2.23. The molecule has 0 unspecified atom stereocenters. The maximum absolute atomic E-state index is 12.2. The molecule has 100 valence electrons. The Morgan fingerprint density at radius 3 is 2.50 bits per heavy atom. The van der Waals surface area contributed by atoms with Crippen molar-refractivity contribution in [3.63, 3.8) is 0 Å². The maximum atomic E-state index is 12.2. The van der Waals surface area contributed by atoms with Crippen LogP contribution in [-0.2, 0) is 4.79 Å². The van der Waals surface area contributed by atoms with E-state index in [2.05, 4.69) is 23.7 Å². The van der Waals surface area contributed by atoms with Gasteiger partial charge in [-0.3, -0.25) is 4.79 Å². The third-order valence-electron chi connectivity index (χ3n) is 3.62. The van der Waals surface area contributed by atoms with E-state index in [1.54, 1.807) is 11.3 Å². The van der Waals surface area contributed by atoms with Gasteiger partial charge in [0.1, 0.15) is 0 Å². The van der Waals surface area contributed by atoms with Crippen LogP contribution >= 0.6 is 11.3 Å². The molecule has 0 atom stereocenters. The largest absolute Gasteiger partial charge is 0.345 e. The van der Waals surface area contributed by atoms with Gasteiger partial charge in [0.2, 0.25) is 5.91 Å². The van der Waals surface area contributed by atoms with E-state index in [1.165, 1.54) is 0 Å². The summed E-state index contributed by atoms with van der Waals surface area (Å²) >= 11 is 1.67. The molecule has 5 heteroatoms. The van der Waals surface area contributed by atoms with Gasteiger partial charge in [-0.25, -0.2) is 4.98 Å². The van der Waals surface area contributed by atoms with Crippen LogP contribution in [0.4, 0.5) is 5.13 Å². The Balaban J connectivity index is 1.88. The van der Waals surface area contributed by atoms with Gasteiger partial charge in [0.05, 0.1) is 0 Å². The number of amides is 1. The van der Waals surface area contributed by atoms with Crippen LogP contribution in [0.25, 0.3) is 0 Å². The zero-order valence-electron chi connectivity index (χ0n) is 11.1. The Kier molecular flexibility index (Phi) is 4.58. The van der Waals surface area contributed by atoms with Crippen molar-refractivity contribution in [2.75, 3.05) is 31.1 Å². The van der Waals surface area contributed by atoms with Crippen LogP contribution in [0.3, 0.4) is 0 Å². The molecule has 0 aliphatic carbocycles. The van der Waals surface area contributed by atoms with Crippen molar-refractivity contribution in [2.45, 2.75) is 26.7 Å². The number of thiazole rings is 1. The third-order valence-corrected chi connectivity index (χ3v) is 4.45. The fourth-order valence-corrected chi connectivity index (χ4v) is 3.08. The number of aromatic nitrogens is 1. The maximum Gasteiger partial charge on any atom is 0.225 e. The second-order valence-electron chi connectivity index (χ2n) is 4.64. The first-order valence-electron chi connectivity index (χ1n) is 6.69. The summed E-state index contributed by atoms with van der Waals surface area (Å²) in [5.41, 5.74) is 0. The molecule has 2 rings (SSSR count). The summed E-state index contributed by atoms with van der Waals surface area (Å²) in [6, 6.07) is 0. The van der Waals surface area contributed by atoms with E-state index >= 15 is 0 Å². The molecule has 1 amide bonds. The lowest BCUT2D eigenvalue weighted by Gasteiger charge is -2.36. The van der Waals surface area contributed by atoms with Crippen LogP contribution in [0.15, 0.2) is 11.6 Å². The normalized spacial score (nSPS) is 16.4. The average molecular weight is 267 g/mol. The second kappa shape index (κ2) is 6.18. The second-order valence-corrected chi connectivity index (χ2v) is 5.51. The molecular formula is C13H21N3OS. The van der Waals surface area contributed by atoms with E-state index in [9.17, 15) is 4.79 Å². The molecule has 1 aliphatic heterocycles. The minimum absolute atomic E-state index is 0.205. The average Bonchev–Trinajstić information content (AvgIpc) is 2.94. The van der Waals surface area contributed by atoms with Gasteiger partial charge in [-0.2, -0.15) is 0 Å². The fourth-order valence-electron chi connectivity index (χ4n) is 2.39. The predicted molar refractivity (Wildman–Crippen MR) is 75.0 cm³/mol. The number of rotatable bonds is 4. The number of anilines is 1. The first-order valence-corrected chi connectivity index (χ1v) is 7.57. The zero-order chi connectivity index (χ0) is 13.0. The number of hydrogen-bond donors (Lipinski definition) is 0. The molecule has 1 saturated heterocycles. The number of hydrogen-bond acceptors (Lipinski definition) is 4. The Morgan fingerprint density at radius 2 is 2.00 bits per heavy atom. The van der Waals surface area contributed by atoms with E-state index in [0.29, 0.717) is 5.91 Å². The van der Waals surface area contributed by atoms with Gasteiger partial charge < -0.3 is 9.80 Å². The number of nitrogens with zero attached hydrogens (tertiary/aromatic N) is 3. The molecule has 0 spiro atoms. The van der Waals surface area contributed by atoms with Gasteiger partial charge in [-0.1, -0.05) is 13.8 Å². The van der Waals surface area contributed by atoms with Gasteiger partial charge in [0, 0.05) is 43.7 Å². The molecule has 18 heavy (non-hydrogen) atoms. The van der Waals surface area contributed by atoms with E-state index in [4.69, 9.17) is 0 Å². The lowest BCUT2D eigenvalue weighted by Crippen LogP contribution is -2.50. The number of carbonyl (C=O) groups excluding carboxylic acids is 1. The van der Waals surface area contributed by atoms with Gasteiger partial charge in [-0.15, -0.1) is 11.3 Å². The smallest absolute Gasteiger partial charge is 0.225 e. The Morgan fingerprint density at radius 1 is 1.33 bits per heavy atom. The zero-order valence-corrected chi connectivity index (χ0v) is 11.9. The quantitative estimate of drug-likeness (QED) is 0.839. The van der Waals surface area contributed by atoms with Gasteiger partial charge in [0.15, 0.2) is 5.13 Å². The van der Waals surface area contributed by atoms with Crippen LogP contribution in [0.5, 0.6) is 0 Å². The molecule has 0 bridgehead atoms. The highest BCUT2D eigenvalue weighted by Gasteiger charge is 2.25. The molecular weight excluding hydrogens is 246 g/mol. The summed E-state index contributed by atoms with van der Waals surface area (Å²) in [4.78, 5) is 20.8. The number of carbonyl (C=O) groups is 1. The summed E-state index contributed by atoms with van der Waals surface area (Å²) < 4.78 is 0. The topological polar surface area (TPSA) is 36.4 Å². The molecule has 0 radical (unpaired) electrons. The minimum atomic E-state index is 0.205. The van der Waals surface area contributed by atoms with Gasteiger partial charge in [-0.05, 0) is 12.8 Å². The molecule has 1 aliphatic rings. The molecule has 1 aromatic heterocycles. The standard InChI is InChI=1S/C13H21N3OS/c1-3-11(4-2)12(17)15-6-8-16(9-7-15)13-14-5-10-18-13/h5,10-11H,3-4,6-9H2,1-2H3. The van der Waals surface area contributed by atoms with Crippen LogP contribution in [-0.4, -0.2) is 42.0 Å². The van der Waals surface area contributed by atoms with Crippen molar-refractivity contribution >= 4 is 22.4 Å². The molecule has 0 N–H and O–H groups in total. The van der Waals surface area contributed by atoms with Crippen molar-refractivity contribution < 1.29 is 4.79 Å². The van der Waals surface area contributed by atoms with Crippen molar-refractivity contribution in [2.24, 2.45) is 5.92 Å². The highest BCUT2D eigenvalue weighted by molar-refractivity contribution is 7.13. The van der Waals surface area contributed by atoms with E-state index in [0.717, 1.165) is 44.2 Å². The van der Waals surface area contributed by atoms with Crippen LogP contribution in [0.2, 0.25) is 0 Å². The molecule has 4 nitrogen and oxygen atoms in total. The molecule has 0 saturated carbocycles. The summed E-state index contributed by atoms with van der Waals surface area (Å²) in [5.74, 6) is 0.537. The van der Waals surface area contributed by atoms with Crippen molar-refractivity contribution in [1.29, 1.82) is 0 Å². The minimum Gasteiger partial charge on any atom is -0.345 e. The van der Waals surface area contributed by atoms with Gasteiger partial charge in [0.25, 0.3) is 0 Å². The molecule has 2 heterocycles. The van der Waals surface area contributed by atoms with E-state index in [-0.39, 0.29) is 5.92 Å². The Hall–Kier alpha value is -1.10. The van der Waals surface area contributed by atoms with Crippen LogP contribution in [0, 0.1) is 5.92 Å². The lowest BCUT2D eigenvalue weighted by atomic mass is 10.0. The molecule has 1 fully saturated rings. The summed E-state index contributed by atoms with van der Waals surface area (Å²) in [6.07, 6.45) is 3.73. The van der Waals surface area contributed by atoms with Crippen molar-refractivity contribution in [3.05, 3.63) is 11.6 Å². The monoisotopic (exact) mass is 267 g/mol. The lowest BCUT2D eigenvalue weighted by molar-refractivity contribution is -0.136. The fraction of sp³-hybridized carbons (Fsp3) is 0.692. The SMILES string of the molecule is CCC(CC)C(=O)N1CCN(c2nccs2)CC1. The van der Waals surface area contributed by atoms with E-state index in [1.807, 2.05) is 16.5 Å². The van der Waals surface area contributed by atoms with Crippen molar-refractivity contribution in [1.82, 2.24) is 9.88 Å². The first kappa shape index (κ1) is 13.3. The van der Waals surface area contributed by atoms with Gasteiger partial charge >= 0.3 is 0 Å². The summed E-state index contributed by atoms with van der Waals surface area (Å²) in [5, 5.41) is 3.07. The Labute approximate surface area is 113 Å². The molecule has 1 aromatic rings. The van der Waals surface area contributed by atoms with E-state index < -0.39 is 0 Å². The summed E-state index contributed by atoms with van der Waals surface area (Å²) in [6.45, 7) is 7.65. The van der Waals surface area contributed by atoms with Crippen LogP contribution < -0.4 is 4.90 Å². The highest BCUT2D eigenvalue weighted by atomic mass is 32.1. The molecule has 0 aromatic carbocycles. The highest BCUT2D eigenvalue weighted by Crippen LogP contribution is 2.20. The third kappa shape index (κ3) is 2.83.